The van der Waals surface area contributed by atoms with Crippen molar-refractivity contribution in [3.63, 3.8) is 0 Å². The average molecular weight is 406 g/mol. The molecule has 0 fully saturated rings. The van der Waals surface area contributed by atoms with Gasteiger partial charge in [0.15, 0.2) is 0 Å². The lowest BCUT2D eigenvalue weighted by atomic mass is 9.89. The fourth-order valence-electron chi connectivity index (χ4n) is 4.27. The van der Waals surface area contributed by atoms with E-state index in [1.807, 2.05) is 42.8 Å². The summed E-state index contributed by atoms with van der Waals surface area (Å²) in [6, 6.07) is 16.9. The van der Waals surface area contributed by atoms with Crippen molar-refractivity contribution in [3.8, 4) is 0 Å². The van der Waals surface area contributed by atoms with Gasteiger partial charge in [-0.3, -0.25) is 9.98 Å². The van der Waals surface area contributed by atoms with Gasteiger partial charge in [0, 0.05) is 24.0 Å². The standard InChI is InChI=1S/C28H27N3/c1-19-8-11-24(14-20(19)2)30-18-22-10-13-26-25-12-9-21(15-27(25)31-28(26)16-22)17-29-23-6-4-3-5-7-23/h3-20,25,27,31H,1-2H3. The molecule has 0 bridgehead atoms. The van der Waals surface area contributed by atoms with Gasteiger partial charge in [-0.2, -0.15) is 0 Å². The second kappa shape index (κ2) is 8.35. The Hall–Kier alpha value is -3.46. The number of benzene rings is 2. The molecule has 1 aliphatic heterocycles. The van der Waals surface area contributed by atoms with E-state index in [1.54, 1.807) is 0 Å². The van der Waals surface area contributed by atoms with Crippen LogP contribution >= 0.6 is 0 Å². The summed E-state index contributed by atoms with van der Waals surface area (Å²) in [5, 5.41) is 3.68. The molecule has 2 aromatic carbocycles. The predicted molar refractivity (Wildman–Crippen MR) is 132 cm³/mol. The maximum atomic E-state index is 4.70. The van der Waals surface area contributed by atoms with Gasteiger partial charge in [-0.05, 0) is 52.8 Å². The molecular formula is C28H27N3. The van der Waals surface area contributed by atoms with E-state index >= 15 is 0 Å². The number of hydrogen-bond donors (Lipinski definition) is 1. The van der Waals surface area contributed by atoms with Crippen molar-refractivity contribution in [2.45, 2.75) is 25.8 Å². The van der Waals surface area contributed by atoms with E-state index < -0.39 is 0 Å². The zero-order valence-corrected chi connectivity index (χ0v) is 17.9. The van der Waals surface area contributed by atoms with Gasteiger partial charge in [0.1, 0.15) is 0 Å². The zero-order valence-electron chi connectivity index (χ0n) is 17.9. The molecule has 0 saturated carbocycles. The Labute approximate surface area is 184 Å². The van der Waals surface area contributed by atoms with Gasteiger partial charge in [0.25, 0.3) is 0 Å². The third-order valence-electron chi connectivity index (χ3n) is 6.33. The maximum Gasteiger partial charge on any atom is 0.0629 e. The lowest BCUT2D eigenvalue weighted by molar-refractivity contribution is 0.548. The van der Waals surface area contributed by atoms with Crippen LogP contribution in [0.3, 0.4) is 0 Å². The van der Waals surface area contributed by atoms with E-state index in [2.05, 4.69) is 78.8 Å². The highest BCUT2D eigenvalue weighted by Crippen LogP contribution is 2.40. The second-order valence-electron chi connectivity index (χ2n) is 8.59. The minimum atomic E-state index is 0.260. The van der Waals surface area contributed by atoms with E-state index in [0.717, 1.165) is 22.5 Å². The SMILES string of the molecule is CC1C=CC(N=Cc2ccc3c(c2)NC2C=C(C=Nc4ccccc4)C=CC32)=CC1C. The number of hydrogen-bond acceptors (Lipinski definition) is 3. The molecule has 0 aromatic heterocycles. The van der Waals surface area contributed by atoms with Crippen molar-refractivity contribution in [3.05, 3.63) is 107 Å². The first-order chi connectivity index (χ1) is 15.2. The van der Waals surface area contributed by atoms with Crippen LogP contribution in [0.2, 0.25) is 0 Å². The Morgan fingerprint density at radius 3 is 2.55 bits per heavy atom. The average Bonchev–Trinajstić information content (AvgIpc) is 3.16. The van der Waals surface area contributed by atoms with E-state index in [4.69, 9.17) is 4.99 Å². The van der Waals surface area contributed by atoms with E-state index in [0.29, 0.717) is 17.8 Å². The molecule has 3 nitrogen and oxygen atoms in total. The van der Waals surface area contributed by atoms with Crippen LogP contribution in [0.15, 0.2) is 106 Å². The van der Waals surface area contributed by atoms with Gasteiger partial charge in [0.2, 0.25) is 0 Å². The maximum absolute atomic E-state index is 4.70. The molecule has 4 atom stereocenters. The number of fused-ring (bicyclic) bond motifs is 3. The first-order valence-electron chi connectivity index (χ1n) is 11.0. The molecule has 4 unspecified atom stereocenters. The Morgan fingerprint density at radius 1 is 0.839 bits per heavy atom. The minimum Gasteiger partial charge on any atom is -0.378 e. The smallest absolute Gasteiger partial charge is 0.0629 e. The van der Waals surface area contributed by atoms with Crippen LogP contribution in [0.1, 0.15) is 30.9 Å². The van der Waals surface area contributed by atoms with Gasteiger partial charge in [-0.15, -0.1) is 0 Å². The highest BCUT2D eigenvalue weighted by molar-refractivity contribution is 5.87. The van der Waals surface area contributed by atoms with E-state index in [9.17, 15) is 0 Å². The molecule has 2 aliphatic carbocycles. The van der Waals surface area contributed by atoms with E-state index in [1.165, 1.54) is 11.3 Å². The van der Waals surface area contributed by atoms with Crippen LogP contribution in [0.25, 0.3) is 0 Å². The predicted octanol–water partition coefficient (Wildman–Crippen LogP) is 6.61. The number of rotatable bonds is 4. The summed E-state index contributed by atoms with van der Waals surface area (Å²) in [7, 11) is 0. The van der Waals surface area contributed by atoms with Crippen molar-refractivity contribution in [1.82, 2.24) is 0 Å². The summed E-state index contributed by atoms with van der Waals surface area (Å²) < 4.78 is 0. The normalized spacial score (nSPS) is 26.5. The summed E-state index contributed by atoms with van der Waals surface area (Å²) in [5.74, 6) is 1.47. The summed E-state index contributed by atoms with van der Waals surface area (Å²) in [6.07, 6.45) is 17.2. The molecule has 1 N–H and O–H groups in total. The fraction of sp³-hybridized carbons (Fsp3) is 0.214. The molecule has 3 heteroatoms. The Balaban J connectivity index is 1.30. The van der Waals surface area contributed by atoms with Crippen molar-refractivity contribution in [2.75, 3.05) is 5.32 Å². The van der Waals surface area contributed by atoms with Gasteiger partial charge in [-0.25, -0.2) is 0 Å². The summed E-state index contributed by atoms with van der Waals surface area (Å²) >= 11 is 0. The molecule has 154 valence electrons. The highest BCUT2D eigenvalue weighted by Gasteiger charge is 2.30. The first-order valence-corrected chi connectivity index (χ1v) is 11.0. The van der Waals surface area contributed by atoms with Crippen molar-refractivity contribution in [1.29, 1.82) is 0 Å². The van der Waals surface area contributed by atoms with Crippen LogP contribution in [0, 0.1) is 11.8 Å². The lowest BCUT2D eigenvalue weighted by Gasteiger charge is -2.18. The van der Waals surface area contributed by atoms with Crippen LogP contribution in [0.5, 0.6) is 0 Å². The highest BCUT2D eigenvalue weighted by atomic mass is 15.0. The molecule has 1 heterocycles. The molecule has 0 spiro atoms. The van der Waals surface area contributed by atoms with Crippen LogP contribution in [-0.2, 0) is 0 Å². The molecule has 31 heavy (non-hydrogen) atoms. The zero-order chi connectivity index (χ0) is 21.2. The molecular weight excluding hydrogens is 378 g/mol. The third kappa shape index (κ3) is 4.22. The molecule has 0 saturated heterocycles. The molecule has 0 radical (unpaired) electrons. The first kappa shape index (κ1) is 19.5. The number of nitrogens with one attached hydrogen (secondary N) is 1. The Kier molecular flexibility index (Phi) is 5.25. The summed E-state index contributed by atoms with van der Waals surface area (Å²) in [4.78, 5) is 9.28. The van der Waals surface area contributed by atoms with Crippen LogP contribution in [0.4, 0.5) is 11.4 Å². The number of aliphatic imine (C=N–C) groups is 2. The van der Waals surface area contributed by atoms with Gasteiger partial charge in [-0.1, -0.05) is 74.6 Å². The van der Waals surface area contributed by atoms with Crippen LogP contribution < -0.4 is 5.32 Å². The summed E-state index contributed by atoms with van der Waals surface area (Å²) in [5.41, 5.74) is 6.79. The van der Waals surface area contributed by atoms with Gasteiger partial charge in [0.05, 0.1) is 17.4 Å². The Morgan fingerprint density at radius 2 is 1.71 bits per heavy atom. The monoisotopic (exact) mass is 405 g/mol. The van der Waals surface area contributed by atoms with Gasteiger partial charge >= 0.3 is 0 Å². The molecule has 3 aliphatic rings. The number of para-hydroxylation sites is 1. The van der Waals surface area contributed by atoms with Gasteiger partial charge < -0.3 is 5.32 Å². The van der Waals surface area contributed by atoms with E-state index in [-0.39, 0.29) is 6.04 Å². The number of allylic oxidation sites excluding steroid dienone is 5. The minimum absolute atomic E-state index is 0.260. The third-order valence-corrected chi connectivity index (χ3v) is 6.33. The number of anilines is 1. The van der Waals surface area contributed by atoms with Crippen molar-refractivity contribution < 1.29 is 0 Å². The summed E-state index contributed by atoms with van der Waals surface area (Å²) in [6.45, 7) is 4.48. The van der Waals surface area contributed by atoms with Crippen molar-refractivity contribution >= 4 is 23.8 Å². The lowest BCUT2D eigenvalue weighted by Crippen LogP contribution is -2.19. The van der Waals surface area contributed by atoms with Crippen molar-refractivity contribution in [2.24, 2.45) is 21.8 Å². The molecule has 2 aromatic rings. The number of nitrogens with zero attached hydrogens (tertiary/aromatic N) is 2. The topological polar surface area (TPSA) is 36.8 Å². The fourth-order valence-corrected chi connectivity index (χ4v) is 4.27. The Bertz CT molecular complexity index is 1150. The quantitative estimate of drug-likeness (QED) is 0.571. The molecule has 0 amide bonds. The molecule has 5 rings (SSSR count). The van der Waals surface area contributed by atoms with Crippen LogP contribution in [-0.4, -0.2) is 18.5 Å². The largest absolute Gasteiger partial charge is 0.378 e. The second-order valence-corrected chi connectivity index (χ2v) is 8.59.